The van der Waals surface area contributed by atoms with E-state index in [1.807, 2.05) is 41.8 Å². The molecule has 0 amide bonds. The van der Waals surface area contributed by atoms with Gasteiger partial charge in [0.15, 0.2) is 0 Å². The van der Waals surface area contributed by atoms with Crippen molar-refractivity contribution >= 4 is 39.5 Å². The zero-order chi connectivity index (χ0) is 13.9. The number of rotatable bonds is 4. The van der Waals surface area contributed by atoms with Crippen LogP contribution in [0.4, 0.5) is 5.69 Å². The molecule has 0 aliphatic heterocycles. The van der Waals surface area contributed by atoms with Crippen molar-refractivity contribution in [1.29, 1.82) is 0 Å². The number of fused-ring (bicyclic) bond motifs is 1. The number of aryl methyl sites for hydroxylation is 1. The van der Waals surface area contributed by atoms with Gasteiger partial charge >= 0.3 is 0 Å². The largest absolute Gasteiger partial charge is 0.380 e. The second kappa shape index (κ2) is 5.81. The molecule has 1 N–H and O–H groups in total. The standard InChI is InChI=1S/C16H15ClN2S/c1-2-12-4-5-13(20-12)10-19-15-7-8-18-16-9-11(17)3-6-14(15)16/h3-9H,2,10H2,1H3,(H,18,19). The van der Waals surface area contributed by atoms with Crippen molar-refractivity contribution in [3.05, 3.63) is 57.4 Å². The van der Waals surface area contributed by atoms with E-state index in [1.54, 1.807) is 0 Å². The molecule has 0 saturated carbocycles. The molecule has 20 heavy (non-hydrogen) atoms. The SMILES string of the molecule is CCc1ccc(CNc2ccnc3cc(Cl)ccc23)s1. The summed E-state index contributed by atoms with van der Waals surface area (Å²) in [4.78, 5) is 7.13. The first-order chi connectivity index (χ1) is 9.76. The first kappa shape index (κ1) is 13.4. The van der Waals surface area contributed by atoms with Gasteiger partial charge in [0, 0.05) is 38.6 Å². The smallest absolute Gasteiger partial charge is 0.0737 e. The molecule has 0 saturated heterocycles. The Morgan fingerprint density at radius 2 is 2.00 bits per heavy atom. The number of anilines is 1. The molecular weight excluding hydrogens is 288 g/mol. The highest BCUT2D eigenvalue weighted by Crippen LogP contribution is 2.25. The van der Waals surface area contributed by atoms with Gasteiger partial charge in [-0.25, -0.2) is 0 Å². The Hall–Kier alpha value is -1.58. The summed E-state index contributed by atoms with van der Waals surface area (Å²) in [5, 5.41) is 5.30. The fraction of sp³-hybridized carbons (Fsp3) is 0.188. The van der Waals surface area contributed by atoms with Crippen LogP contribution in [0.2, 0.25) is 5.02 Å². The van der Waals surface area contributed by atoms with Gasteiger partial charge in [-0.2, -0.15) is 0 Å². The number of pyridine rings is 1. The first-order valence-corrected chi connectivity index (χ1v) is 7.81. The molecule has 102 valence electrons. The van der Waals surface area contributed by atoms with Gasteiger partial charge in [-0.1, -0.05) is 18.5 Å². The summed E-state index contributed by atoms with van der Waals surface area (Å²) in [5.41, 5.74) is 2.01. The summed E-state index contributed by atoms with van der Waals surface area (Å²) in [5.74, 6) is 0. The number of halogens is 1. The van der Waals surface area contributed by atoms with Gasteiger partial charge in [-0.3, -0.25) is 4.98 Å². The van der Waals surface area contributed by atoms with E-state index < -0.39 is 0 Å². The lowest BCUT2D eigenvalue weighted by Gasteiger charge is -2.08. The number of aromatic nitrogens is 1. The molecule has 3 rings (SSSR count). The molecule has 2 heterocycles. The van der Waals surface area contributed by atoms with Crippen LogP contribution in [0, 0.1) is 0 Å². The lowest BCUT2D eigenvalue weighted by atomic mass is 10.2. The van der Waals surface area contributed by atoms with Crippen LogP contribution in [-0.2, 0) is 13.0 Å². The normalized spacial score (nSPS) is 10.9. The molecule has 0 spiro atoms. The Balaban J connectivity index is 1.83. The average molecular weight is 303 g/mol. The Kier molecular flexibility index (Phi) is 3.90. The molecule has 2 nitrogen and oxygen atoms in total. The van der Waals surface area contributed by atoms with Gasteiger partial charge in [0.2, 0.25) is 0 Å². The average Bonchev–Trinajstić information content (AvgIpc) is 2.92. The number of nitrogens with zero attached hydrogens (tertiary/aromatic N) is 1. The highest BCUT2D eigenvalue weighted by Gasteiger charge is 2.04. The zero-order valence-corrected chi connectivity index (χ0v) is 12.8. The fourth-order valence-electron chi connectivity index (χ4n) is 2.17. The lowest BCUT2D eigenvalue weighted by Crippen LogP contribution is -1.98. The highest BCUT2D eigenvalue weighted by molar-refractivity contribution is 7.12. The quantitative estimate of drug-likeness (QED) is 0.723. The molecule has 0 atom stereocenters. The lowest BCUT2D eigenvalue weighted by molar-refractivity contribution is 1.19. The van der Waals surface area contributed by atoms with Crippen LogP contribution in [0.3, 0.4) is 0 Å². The van der Waals surface area contributed by atoms with E-state index in [0.717, 1.165) is 29.6 Å². The minimum absolute atomic E-state index is 0.716. The summed E-state index contributed by atoms with van der Waals surface area (Å²) >= 11 is 7.86. The number of hydrogen-bond donors (Lipinski definition) is 1. The van der Waals surface area contributed by atoms with Crippen LogP contribution in [-0.4, -0.2) is 4.98 Å². The van der Waals surface area contributed by atoms with Crippen molar-refractivity contribution in [3.63, 3.8) is 0 Å². The van der Waals surface area contributed by atoms with E-state index in [9.17, 15) is 0 Å². The van der Waals surface area contributed by atoms with E-state index in [1.165, 1.54) is 9.75 Å². The highest BCUT2D eigenvalue weighted by atomic mass is 35.5. The first-order valence-electron chi connectivity index (χ1n) is 6.62. The molecule has 0 bridgehead atoms. The second-order valence-electron chi connectivity index (χ2n) is 4.60. The summed E-state index contributed by atoms with van der Waals surface area (Å²) < 4.78 is 0. The Morgan fingerprint density at radius 1 is 1.15 bits per heavy atom. The van der Waals surface area contributed by atoms with E-state index in [4.69, 9.17) is 11.6 Å². The van der Waals surface area contributed by atoms with Crippen molar-refractivity contribution in [2.24, 2.45) is 0 Å². The third-order valence-corrected chi connectivity index (χ3v) is 4.69. The van der Waals surface area contributed by atoms with E-state index >= 15 is 0 Å². The van der Waals surface area contributed by atoms with Crippen molar-refractivity contribution in [1.82, 2.24) is 4.98 Å². The van der Waals surface area contributed by atoms with Crippen LogP contribution in [0.25, 0.3) is 10.9 Å². The van der Waals surface area contributed by atoms with Crippen LogP contribution in [0.15, 0.2) is 42.6 Å². The minimum Gasteiger partial charge on any atom is -0.380 e. The van der Waals surface area contributed by atoms with Crippen molar-refractivity contribution in [3.8, 4) is 0 Å². The van der Waals surface area contributed by atoms with Gasteiger partial charge in [-0.05, 0) is 42.8 Å². The van der Waals surface area contributed by atoms with Crippen LogP contribution < -0.4 is 5.32 Å². The molecule has 1 aromatic carbocycles. The number of benzene rings is 1. The maximum atomic E-state index is 6.00. The minimum atomic E-state index is 0.716. The summed E-state index contributed by atoms with van der Waals surface area (Å²) in [7, 11) is 0. The van der Waals surface area contributed by atoms with E-state index in [2.05, 4.69) is 29.4 Å². The van der Waals surface area contributed by atoms with Crippen LogP contribution in [0.5, 0.6) is 0 Å². The summed E-state index contributed by atoms with van der Waals surface area (Å²) in [6, 6.07) is 12.2. The molecule has 0 fully saturated rings. The van der Waals surface area contributed by atoms with Crippen LogP contribution in [0.1, 0.15) is 16.7 Å². The molecule has 0 aliphatic rings. The van der Waals surface area contributed by atoms with Gasteiger partial charge < -0.3 is 5.32 Å². The van der Waals surface area contributed by atoms with Crippen molar-refractivity contribution in [2.75, 3.05) is 5.32 Å². The maximum Gasteiger partial charge on any atom is 0.0737 e. The maximum absolute atomic E-state index is 6.00. The fourth-order valence-corrected chi connectivity index (χ4v) is 3.23. The molecule has 0 radical (unpaired) electrons. The molecular formula is C16H15ClN2S. The third-order valence-electron chi connectivity index (χ3n) is 3.22. The molecule has 0 aliphatic carbocycles. The van der Waals surface area contributed by atoms with Crippen molar-refractivity contribution < 1.29 is 0 Å². The number of nitrogens with one attached hydrogen (secondary N) is 1. The Morgan fingerprint density at radius 3 is 2.80 bits per heavy atom. The van der Waals surface area contributed by atoms with Crippen LogP contribution >= 0.6 is 22.9 Å². The van der Waals surface area contributed by atoms with Gasteiger partial charge in [0.1, 0.15) is 0 Å². The van der Waals surface area contributed by atoms with Gasteiger partial charge in [0.05, 0.1) is 5.52 Å². The van der Waals surface area contributed by atoms with E-state index in [-0.39, 0.29) is 0 Å². The summed E-state index contributed by atoms with van der Waals surface area (Å²) in [6.07, 6.45) is 2.91. The number of thiophene rings is 1. The Bertz CT molecular complexity index is 736. The monoisotopic (exact) mass is 302 g/mol. The Labute approximate surface area is 127 Å². The second-order valence-corrected chi connectivity index (χ2v) is 6.28. The predicted octanol–water partition coefficient (Wildman–Crippen LogP) is 5.12. The predicted molar refractivity (Wildman–Crippen MR) is 87.8 cm³/mol. The molecule has 4 heteroatoms. The third kappa shape index (κ3) is 2.79. The topological polar surface area (TPSA) is 24.9 Å². The molecule has 2 aromatic heterocycles. The number of hydrogen-bond acceptors (Lipinski definition) is 3. The van der Waals surface area contributed by atoms with E-state index in [0.29, 0.717) is 5.02 Å². The summed E-state index contributed by atoms with van der Waals surface area (Å²) in [6.45, 7) is 3.02. The van der Waals surface area contributed by atoms with Gasteiger partial charge in [-0.15, -0.1) is 11.3 Å². The zero-order valence-electron chi connectivity index (χ0n) is 11.2. The molecule has 3 aromatic rings. The van der Waals surface area contributed by atoms with Crippen molar-refractivity contribution in [2.45, 2.75) is 19.9 Å². The molecule has 0 unspecified atom stereocenters. The van der Waals surface area contributed by atoms with Gasteiger partial charge in [0.25, 0.3) is 0 Å².